The molecule has 134 valence electrons. The normalized spacial score (nSPS) is 10.5. The quantitative estimate of drug-likeness (QED) is 0.610. The van der Waals surface area contributed by atoms with E-state index >= 15 is 0 Å². The van der Waals surface area contributed by atoms with Gasteiger partial charge in [0.05, 0.1) is 12.6 Å². The molecular weight excluding hydrogens is 328 g/mol. The van der Waals surface area contributed by atoms with Crippen LogP contribution >= 0.6 is 0 Å². The number of carbonyl (C=O) groups excluding carboxylic acids is 1. The van der Waals surface area contributed by atoms with Gasteiger partial charge in [0.1, 0.15) is 17.9 Å². The molecule has 1 amide bonds. The summed E-state index contributed by atoms with van der Waals surface area (Å²) in [5.41, 5.74) is 1.87. The van der Waals surface area contributed by atoms with Gasteiger partial charge in [0.2, 0.25) is 5.91 Å². The minimum absolute atomic E-state index is 0.0188. The smallest absolute Gasteiger partial charge is 0.220 e. The number of methoxy groups -OCH3 is 1. The van der Waals surface area contributed by atoms with E-state index in [1.165, 1.54) is 0 Å². The van der Waals surface area contributed by atoms with Gasteiger partial charge in [0, 0.05) is 30.5 Å². The molecule has 0 saturated heterocycles. The molecule has 0 atom stereocenters. The number of nitrogens with one attached hydrogen (secondary N) is 2. The van der Waals surface area contributed by atoms with Crippen molar-refractivity contribution in [3.05, 3.63) is 60.4 Å². The van der Waals surface area contributed by atoms with Gasteiger partial charge in [-0.3, -0.25) is 4.79 Å². The molecule has 3 rings (SSSR count). The zero-order valence-electron chi connectivity index (χ0n) is 14.7. The van der Waals surface area contributed by atoms with Crippen molar-refractivity contribution < 1.29 is 9.53 Å². The number of para-hydroxylation sites is 2. The van der Waals surface area contributed by atoms with E-state index in [4.69, 9.17) is 4.74 Å². The molecule has 2 N–H and O–H groups in total. The van der Waals surface area contributed by atoms with Gasteiger partial charge < -0.3 is 15.4 Å². The van der Waals surface area contributed by atoms with Gasteiger partial charge in [-0.1, -0.05) is 30.3 Å². The fourth-order valence-corrected chi connectivity index (χ4v) is 2.73. The number of carbonyl (C=O) groups is 1. The highest BCUT2D eigenvalue weighted by Crippen LogP contribution is 2.18. The van der Waals surface area contributed by atoms with Crippen molar-refractivity contribution in [2.24, 2.45) is 0 Å². The molecule has 0 saturated carbocycles. The third-order valence-corrected chi connectivity index (χ3v) is 4.08. The average Bonchev–Trinajstić information content (AvgIpc) is 2.70. The average molecular weight is 350 g/mol. The van der Waals surface area contributed by atoms with E-state index in [9.17, 15) is 4.79 Å². The van der Waals surface area contributed by atoms with Crippen LogP contribution in [-0.2, 0) is 11.3 Å². The van der Waals surface area contributed by atoms with Gasteiger partial charge in [-0.05, 0) is 24.6 Å². The Hall–Kier alpha value is -3.15. The number of fused-ring (bicyclic) bond motifs is 1. The maximum Gasteiger partial charge on any atom is 0.220 e. The summed E-state index contributed by atoms with van der Waals surface area (Å²) < 4.78 is 5.29. The summed E-state index contributed by atoms with van der Waals surface area (Å²) in [5, 5.41) is 7.20. The fourth-order valence-electron chi connectivity index (χ4n) is 2.73. The molecule has 6 nitrogen and oxygen atoms in total. The van der Waals surface area contributed by atoms with E-state index in [-0.39, 0.29) is 5.91 Å². The Balaban J connectivity index is 1.44. The standard InChI is InChI=1S/C20H22N4O2/c1-26-18-10-5-2-7-15(18)13-22-19(25)11-6-12-21-20-16-8-3-4-9-17(16)23-14-24-20/h2-5,7-10,14H,6,11-13H2,1H3,(H,22,25)(H,21,23,24). The van der Waals surface area contributed by atoms with Crippen LogP contribution in [0.3, 0.4) is 0 Å². The lowest BCUT2D eigenvalue weighted by Gasteiger charge is -2.10. The van der Waals surface area contributed by atoms with Crippen LogP contribution in [-0.4, -0.2) is 29.5 Å². The van der Waals surface area contributed by atoms with Crippen molar-refractivity contribution in [2.45, 2.75) is 19.4 Å². The Bertz CT molecular complexity index is 877. The predicted octanol–water partition coefficient (Wildman–Crippen LogP) is 3.15. The molecule has 2 aromatic carbocycles. The number of nitrogens with zero attached hydrogens (tertiary/aromatic N) is 2. The molecule has 0 aliphatic rings. The number of hydrogen-bond donors (Lipinski definition) is 2. The van der Waals surface area contributed by atoms with Gasteiger partial charge in [-0.15, -0.1) is 0 Å². The van der Waals surface area contributed by atoms with Gasteiger partial charge in [0.25, 0.3) is 0 Å². The molecule has 1 heterocycles. The summed E-state index contributed by atoms with van der Waals surface area (Å²) in [6.07, 6.45) is 2.71. The van der Waals surface area contributed by atoms with Crippen molar-refractivity contribution >= 4 is 22.6 Å². The summed E-state index contributed by atoms with van der Waals surface area (Å²) in [5.74, 6) is 1.60. The molecule has 0 bridgehead atoms. The first-order chi connectivity index (χ1) is 12.8. The predicted molar refractivity (Wildman–Crippen MR) is 102 cm³/mol. The molecule has 0 radical (unpaired) electrons. The maximum atomic E-state index is 12.0. The number of hydrogen-bond acceptors (Lipinski definition) is 5. The first kappa shape index (κ1) is 17.7. The topological polar surface area (TPSA) is 76.1 Å². The van der Waals surface area contributed by atoms with Crippen molar-refractivity contribution in [1.29, 1.82) is 0 Å². The summed E-state index contributed by atoms with van der Waals surface area (Å²) in [6, 6.07) is 15.5. The maximum absolute atomic E-state index is 12.0. The number of aromatic nitrogens is 2. The van der Waals surface area contributed by atoms with Crippen LogP contribution in [0.1, 0.15) is 18.4 Å². The van der Waals surface area contributed by atoms with Gasteiger partial charge in [-0.25, -0.2) is 9.97 Å². The van der Waals surface area contributed by atoms with Crippen molar-refractivity contribution in [2.75, 3.05) is 19.0 Å². The van der Waals surface area contributed by atoms with Gasteiger partial charge in [0.15, 0.2) is 0 Å². The molecule has 0 fully saturated rings. The Morgan fingerprint density at radius 1 is 1.08 bits per heavy atom. The molecule has 0 unspecified atom stereocenters. The van der Waals surface area contributed by atoms with E-state index in [1.54, 1.807) is 13.4 Å². The van der Waals surface area contributed by atoms with Crippen LogP contribution in [0.5, 0.6) is 5.75 Å². The van der Waals surface area contributed by atoms with Gasteiger partial charge in [-0.2, -0.15) is 0 Å². The van der Waals surface area contributed by atoms with Crippen LogP contribution in [0.15, 0.2) is 54.9 Å². The summed E-state index contributed by atoms with van der Waals surface area (Å²) in [4.78, 5) is 20.6. The summed E-state index contributed by atoms with van der Waals surface area (Å²) in [7, 11) is 1.63. The van der Waals surface area contributed by atoms with E-state index < -0.39 is 0 Å². The largest absolute Gasteiger partial charge is 0.496 e. The van der Waals surface area contributed by atoms with E-state index in [0.29, 0.717) is 19.5 Å². The van der Waals surface area contributed by atoms with Gasteiger partial charge >= 0.3 is 0 Å². The second kappa shape index (κ2) is 8.80. The Morgan fingerprint density at radius 3 is 2.77 bits per heavy atom. The highest BCUT2D eigenvalue weighted by atomic mass is 16.5. The second-order valence-electron chi connectivity index (χ2n) is 5.86. The number of amides is 1. The monoisotopic (exact) mass is 350 g/mol. The van der Waals surface area contributed by atoms with Crippen molar-refractivity contribution in [3.63, 3.8) is 0 Å². The molecule has 0 spiro atoms. The zero-order valence-corrected chi connectivity index (χ0v) is 14.7. The third kappa shape index (κ3) is 4.47. The molecule has 3 aromatic rings. The minimum atomic E-state index is 0.0188. The van der Waals surface area contributed by atoms with E-state index in [1.807, 2.05) is 48.5 Å². The Labute approximate surface area is 152 Å². The van der Waals surface area contributed by atoms with Crippen LogP contribution in [0.25, 0.3) is 10.9 Å². The summed E-state index contributed by atoms with van der Waals surface area (Å²) in [6.45, 7) is 1.13. The fraction of sp³-hybridized carbons (Fsp3) is 0.250. The van der Waals surface area contributed by atoms with Crippen LogP contribution in [0, 0.1) is 0 Å². The number of benzene rings is 2. The van der Waals surface area contributed by atoms with Crippen LogP contribution in [0.2, 0.25) is 0 Å². The lowest BCUT2D eigenvalue weighted by molar-refractivity contribution is -0.121. The van der Waals surface area contributed by atoms with Crippen LogP contribution in [0.4, 0.5) is 5.82 Å². The molecular formula is C20H22N4O2. The number of anilines is 1. The Kier molecular flexibility index (Phi) is 5.98. The number of rotatable bonds is 8. The Morgan fingerprint density at radius 2 is 1.88 bits per heavy atom. The lowest BCUT2D eigenvalue weighted by Crippen LogP contribution is -2.23. The second-order valence-corrected chi connectivity index (χ2v) is 5.86. The highest BCUT2D eigenvalue weighted by molar-refractivity contribution is 5.88. The summed E-state index contributed by atoms with van der Waals surface area (Å²) >= 11 is 0. The van der Waals surface area contributed by atoms with Crippen LogP contribution < -0.4 is 15.4 Å². The molecule has 0 aliphatic heterocycles. The first-order valence-corrected chi connectivity index (χ1v) is 8.60. The number of ether oxygens (including phenoxy) is 1. The molecule has 0 aliphatic carbocycles. The van der Waals surface area contributed by atoms with Crippen molar-refractivity contribution in [3.8, 4) is 5.75 Å². The molecule has 1 aromatic heterocycles. The van der Waals surface area contributed by atoms with E-state index in [2.05, 4.69) is 20.6 Å². The van der Waals surface area contributed by atoms with Crippen molar-refractivity contribution in [1.82, 2.24) is 15.3 Å². The zero-order chi connectivity index (χ0) is 18.2. The molecule has 26 heavy (non-hydrogen) atoms. The minimum Gasteiger partial charge on any atom is -0.496 e. The first-order valence-electron chi connectivity index (χ1n) is 8.60. The SMILES string of the molecule is COc1ccccc1CNC(=O)CCCNc1ncnc2ccccc12. The highest BCUT2D eigenvalue weighted by Gasteiger charge is 2.06. The van der Waals surface area contributed by atoms with E-state index in [0.717, 1.165) is 34.5 Å². The lowest BCUT2D eigenvalue weighted by atomic mass is 10.2. The third-order valence-electron chi connectivity index (χ3n) is 4.08. The molecule has 6 heteroatoms.